The van der Waals surface area contributed by atoms with E-state index in [2.05, 4.69) is 72.8 Å². The summed E-state index contributed by atoms with van der Waals surface area (Å²) in [6.45, 7) is 0. The van der Waals surface area contributed by atoms with Crippen LogP contribution in [0.5, 0.6) is 0 Å². The summed E-state index contributed by atoms with van der Waals surface area (Å²) in [5.41, 5.74) is 5.66. The van der Waals surface area contributed by atoms with Crippen LogP contribution in [0.1, 0.15) is 6.85 Å². The van der Waals surface area contributed by atoms with Gasteiger partial charge in [0.25, 0.3) is 0 Å². The third-order valence-corrected chi connectivity index (χ3v) is 7.41. The Morgan fingerprint density at radius 3 is 1.81 bits per heavy atom. The van der Waals surface area contributed by atoms with Crippen molar-refractivity contribution in [3.05, 3.63) is 134 Å². The Labute approximate surface area is 221 Å². The molecule has 7 aromatic carbocycles. The highest BCUT2D eigenvalue weighted by atomic mass is 16.3. The topological polar surface area (TPSA) is 13.1 Å². The first-order valence-electron chi connectivity index (χ1n) is 14.8. The van der Waals surface area contributed by atoms with Gasteiger partial charge >= 0.3 is 0 Å². The monoisotopic (exact) mass is 475 g/mol. The maximum atomic E-state index is 8.41. The molecule has 0 aliphatic heterocycles. The van der Waals surface area contributed by atoms with Gasteiger partial charge in [0.15, 0.2) is 0 Å². The third kappa shape index (κ3) is 3.04. The van der Waals surface area contributed by atoms with Gasteiger partial charge in [-0.1, -0.05) is 115 Å². The van der Waals surface area contributed by atoms with Crippen molar-refractivity contribution in [1.29, 1.82) is 0 Å². The molecule has 8 aromatic rings. The quantitative estimate of drug-likeness (QED) is 0.232. The van der Waals surface area contributed by atoms with E-state index in [9.17, 15) is 0 Å². The van der Waals surface area contributed by atoms with Crippen LogP contribution >= 0.6 is 0 Å². The second-order valence-electron chi connectivity index (χ2n) is 9.38. The lowest BCUT2D eigenvalue weighted by Gasteiger charge is -2.16. The normalized spacial score (nSPS) is 13.7. The molecule has 0 amide bonds. The molecule has 0 bridgehead atoms. The van der Waals surface area contributed by atoms with Gasteiger partial charge in [-0.05, 0) is 72.3 Å². The molecule has 1 heteroatoms. The van der Waals surface area contributed by atoms with Crippen LogP contribution in [0.15, 0.2) is 138 Å². The van der Waals surface area contributed by atoms with E-state index in [0.29, 0.717) is 16.5 Å². The Hall–Kier alpha value is -4.88. The Morgan fingerprint density at radius 1 is 0.486 bits per heavy atom. The van der Waals surface area contributed by atoms with E-state index in [1.165, 1.54) is 44.3 Å². The van der Waals surface area contributed by atoms with Gasteiger partial charge in [0.2, 0.25) is 0 Å². The van der Waals surface area contributed by atoms with Crippen LogP contribution in [0.3, 0.4) is 0 Å². The summed E-state index contributed by atoms with van der Waals surface area (Å²) >= 11 is 0. The van der Waals surface area contributed by atoms with Crippen molar-refractivity contribution in [3.8, 4) is 33.4 Å². The highest BCUT2D eigenvalue weighted by Crippen LogP contribution is 2.43. The summed E-state index contributed by atoms with van der Waals surface area (Å²) in [7, 11) is 0. The molecule has 1 aromatic heterocycles. The lowest BCUT2D eigenvalue weighted by Crippen LogP contribution is -1.89. The van der Waals surface area contributed by atoms with E-state index in [0.717, 1.165) is 16.5 Å². The fourth-order valence-electron chi connectivity index (χ4n) is 5.70. The van der Waals surface area contributed by atoms with Crippen molar-refractivity contribution in [2.45, 2.75) is 0 Å². The van der Waals surface area contributed by atoms with E-state index in [4.69, 9.17) is 11.3 Å². The zero-order valence-electron chi connectivity index (χ0n) is 24.7. The highest BCUT2D eigenvalue weighted by molar-refractivity contribution is 6.27. The summed E-state index contributed by atoms with van der Waals surface area (Å²) in [5, 5.41) is 7.91. The van der Waals surface area contributed by atoms with Gasteiger partial charge in [-0.3, -0.25) is 0 Å². The molecule has 1 nitrogen and oxygen atoms in total. The Morgan fingerprint density at radius 2 is 1.11 bits per heavy atom. The Balaban J connectivity index is 1.33. The fourth-order valence-corrected chi connectivity index (χ4v) is 5.70. The zero-order valence-corrected chi connectivity index (χ0v) is 19.7. The zero-order chi connectivity index (χ0) is 28.7. The van der Waals surface area contributed by atoms with Gasteiger partial charge in [0.05, 0.1) is 13.1 Å². The maximum absolute atomic E-state index is 8.41. The molecule has 37 heavy (non-hydrogen) atoms. The highest BCUT2D eigenvalue weighted by Gasteiger charge is 2.16. The van der Waals surface area contributed by atoms with Gasteiger partial charge in [-0.2, -0.15) is 0 Å². The standard InChI is InChI=1S/C36H22O/c1-3-7-23(8-4-1)28-16-11-25-14-20-32-29(17-12-26-13-19-31(28)35(25)36(26)32)27-15-18-30-33(22-37-34(30)21-27)24-9-5-2-6-10-24/h1-22H/i2D,5D,6D,9D,10D. The number of rotatable bonds is 3. The Bertz CT molecular complexity index is 2330. The lowest BCUT2D eigenvalue weighted by molar-refractivity contribution is 0.617. The molecule has 0 unspecified atom stereocenters. The molecule has 0 N–H and O–H groups in total. The summed E-state index contributed by atoms with van der Waals surface area (Å²) < 4.78 is 46.9. The van der Waals surface area contributed by atoms with Crippen molar-refractivity contribution in [1.82, 2.24) is 0 Å². The predicted molar refractivity (Wildman–Crippen MR) is 156 cm³/mol. The molecular weight excluding hydrogens is 448 g/mol. The van der Waals surface area contributed by atoms with E-state index < -0.39 is 6.04 Å². The van der Waals surface area contributed by atoms with Crippen LogP contribution in [0.25, 0.3) is 76.7 Å². The summed E-state index contributed by atoms with van der Waals surface area (Å²) in [4.78, 5) is 0. The van der Waals surface area contributed by atoms with E-state index in [-0.39, 0.29) is 29.7 Å². The first-order valence-corrected chi connectivity index (χ1v) is 12.3. The number of hydrogen-bond acceptors (Lipinski definition) is 1. The summed E-state index contributed by atoms with van der Waals surface area (Å²) in [6, 6.07) is 32.2. The van der Waals surface area contributed by atoms with E-state index >= 15 is 0 Å². The second-order valence-corrected chi connectivity index (χ2v) is 9.38. The maximum Gasteiger partial charge on any atom is 0.135 e. The number of benzene rings is 7. The molecule has 0 saturated carbocycles. The average molecular weight is 476 g/mol. The molecule has 1 heterocycles. The van der Waals surface area contributed by atoms with Crippen molar-refractivity contribution in [2.24, 2.45) is 0 Å². The van der Waals surface area contributed by atoms with Crippen LogP contribution in [-0.4, -0.2) is 0 Å². The molecule has 0 aliphatic carbocycles. The second kappa shape index (κ2) is 7.81. The number of hydrogen-bond donors (Lipinski definition) is 0. The largest absolute Gasteiger partial charge is 0.464 e. The molecule has 0 atom stereocenters. The van der Waals surface area contributed by atoms with Crippen molar-refractivity contribution in [3.63, 3.8) is 0 Å². The minimum Gasteiger partial charge on any atom is -0.464 e. The van der Waals surface area contributed by atoms with Crippen LogP contribution in [-0.2, 0) is 0 Å². The van der Waals surface area contributed by atoms with E-state index in [1.54, 1.807) is 0 Å². The molecule has 0 radical (unpaired) electrons. The molecule has 0 fully saturated rings. The van der Waals surface area contributed by atoms with Crippen LogP contribution < -0.4 is 0 Å². The number of furan rings is 1. The third-order valence-electron chi connectivity index (χ3n) is 7.41. The Kier molecular flexibility index (Phi) is 3.37. The smallest absolute Gasteiger partial charge is 0.135 e. The van der Waals surface area contributed by atoms with Crippen molar-refractivity contribution < 1.29 is 11.3 Å². The van der Waals surface area contributed by atoms with Gasteiger partial charge in [-0.25, -0.2) is 0 Å². The summed E-state index contributed by atoms with van der Waals surface area (Å²) in [5.74, 6) is 0. The molecule has 0 spiro atoms. The minimum atomic E-state index is -0.409. The predicted octanol–water partition coefficient (Wildman–Crippen LogP) is 10.3. The number of fused-ring (bicyclic) bond motifs is 1. The van der Waals surface area contributed by atoms with Crippen LogP contribution in [0, 0.1) is 0 Å². The molecule has 0 aliphatic rings. The lowest BCUT2D eigenvalue weighted by atomic mass is 9.87. The minimum absolute atomic E-state index is 0.143. The first kappa shape index (κ1) is 16.0. The molecule has 172 valence electrons. The van der Waals surface area contributed by atoms with Gasteiger partial charge < -0.3 is 4.42 Å². The molecule has 0 saturated heterocycles. The van der Waals surface area contributed by atoms with Crippen LogP contribution in [0.4, 0.5) is 0 Å². The first-order chi connectivity index (χ1) is 20.4. The van der Waals surface area contributed by atoms with Gasteiger partial charge in [0.1, 0.15) is 5.58 Å². The van der Waals surface area contributed by atoms with Crippen molar-refractivity contribution >= 4 is 43.3 Å². The van der Waals surface area contributed by atoms with Crippen LogP contribution in [0.2, 0.25) is 0 Å². The van der Waals surface area contributed by atoms with Gasteiger partial charge in [-0.15, -0.1) is 0 Å². The summed E-state index contributed by atoms with van der Waals surface area (Å²) in [6.07, 6.45) is 1.48. The molecular formula is C36H22O. The molecule has 8 rings (SSSR count). The average Bonchev–Trinajstić information content (AvgIpc) is 3.45. The SMILES string of the molecule is [2H]c1c([2H])c([2H])c(-c2coc3cc(-c4ccc5ccc6c(-c7ccccc7)ccc7ccc4c5c76)ccc23)c([2H])c1[2H]. The fraction of sp³-hybridized carbons (Fsp3) is 0. The van der Waals surface area contributed by atoms with Crippen molar-refractivity contribution in [2.75, 3.05) is 0 Å². The van der Waals surface area contributed by atoms with E-state index in [1.807, 2.05) is 24.3 Å². The van der Waals surface area contributed by atoms with Gasteiger partial charge in [0, 0.05) is 10.9 Å².